The van der Waals surface area contributed by atoms with Gasteiger partial charge in [-0.3, -0.25) is 9.89 Å². The van der Waals surface area contributed by atoms with E-state index in [1.165, 1.54) is 0 Å². The van der Waals surface area contributed by atoms with Crippen molar-refractivity contribution in [1.29, 1.82) is 0 Å². The van der Waals surface area contributed by atoms with Gasteiger partial charge in [0.2, 0.25) is 0 Å². The molecule has 0 saturated carbocycles. The number of H-pyrrole nitrogens is 1. The van der Waals surface area contributed by atoms with E-state index in [4.69, 9.17) is 0 Å². The third kappa shape index (κ3) is 3.87. The van der Waals surface area contributed by atoms with Crippen molar-refractivity contribution >= 4 is 5.91 Å². The Morgan fingerprint density at radius 2 is 2.11 bits per heavy atom. The van der Waals surface area contributed by atoms with Crippen LogP contribution in [0.1, 0.15) is 27.3 Å². The molecule has 0 radical (unpaired) electrons. The molecular formula is C18H21N7O2. The third-order valence-electron chi connectivity index (χ3n) is 4.86. The lowest BCUT2D eigenvalue weighted by molar-refractivity contribution is 0.0764. The molecule has 4 rings (SSSR count). The Morgan fingerprint density at radius 1 is 1.30 bits per heavy atom. The Balaban J connectivity index is 1.39. The van der Waals surface area contributed by atoms with Crippen LogP contribution in [0.5, 0.6) is 0 Å². The van der Waals surface area contributed by atoms with Crippen LogP contribution in [0.15, 0.2) is 36.7 Å². The van der Waals surface area contributed by atoms with Gasteiger partial charge < -0.3 is 10.0 Å². The number of rotatable bonds is 5. The third-order valence-corrected chi connectivity index (χ3v) is 4.86. The number of aliphatic hydroxyl groups is 1. The summed E-state index contributed by atoms with van der Waals surface area (Å²) >= 11 is 0. The molecule has 0 unspecified atom stereocenters. The standard InChI is InChI=1S/C18H21N7O2/c1-12-6-16(21-20-12)7-15-9-24(10-17(15)26)18(27)14-4-2-13(3-5-14)8-25-11-19-22-23-25/h2-6,11,15,17,26H,7-10H2,1H3,(H,20,21)/t15-,17+/m1/s1. The van der Waals surface area contributed by atoms with Gasteiger partial charge in [0, 0.05) is 30.3 Å². The molecule has 2 aromatic heterocycles. The number of aromatic amines is 1. The molecule has 1 aliphatic rings. The molecule has 0 spiro atoms. The van der Waals surface area contributed by atoms with E-state index >= 15 is 0 Å². The molecule has 1 fully saturated rings. The number of benzene rings is 1. The summed E-state index contributed by atoms with van der Waals surface area (Å²) < 4.78 is 1.62. The van der Waals surface area contributed by atoms with Gasteiger partial charge in [-0.25, -0.2) is 4.68 Å². The Bertz CT molecular complexity index is 904. The Labute approximate surface area is 156 Å². The molecule has 2 N–H and O–H groups in total. The minimum Gasteiger partial charge on any atom is -0.391 e. The summed E-state index contributed by atoms with van der Waals surface area (Å²) in [4.78, 5) is 14.5. The van der Waals surface area contributed by atoms with Crippen molar-refractivity contribution in [2.75, 3.05) is 13.1 Å². The number of carbonyl (C=O) groups is 1. The first-order chi connectivity index (χ1) is 13.1. The number of likely N-dealkylation sites (tertiary alicyclic amines) is 1. The number of amides is 1. The predicted molar refractivity (Wildman–Crippen MR) is 95.8 cm³/mol. The summed E-state index contributed by atoms with van der Waals surface area (Å²) in [5.74, 6) is -0.0699. The second kappa shape index (κ2) is 7.28. The van der Waals surface area contributed by atoms with Crippen LogP contribution in [-0.2, 0) is 13.0 Å². The molecule has 3 aromatic rings. The van der Waals surface area contributed by atoms with Gasteiger partial charge in [-0.2, -0.15) is 5.10 Å². The van der Waals surface area contributed by atoms with Gasteiger partial charge in [-0.15, -0.1) is 5.10 Å². The Kier molecular flexibility index (Phi) is 4.68. The maximum absolute atomic E-state index is 12.8. The fourth-order valence-corrected chi connectivity index (χ4v) is 3.44. The van der Waals surface area contributed by atoms with Crippen LogP contribution in [0.2, 0.25) is 0 Å². The lowest BCUT2D eigenvalue weighted by atomic mass is 10.00. The number of hydrogen-bond acceptors (Lipinski definition) is 6. The van der Waals surface area contributed by atoms with Crippen molar-refractivity contribution in [1.82, 2.24) is 35.3 Å². The zero-order chi connectivity index (χ0) is 18.8. The van der Waals surface area contributed by atoms with Gasteiger partial charge >= 0.3 is 0 Å². The first-order valence-corrected chi connectivity index (χ1v) is 8.86. The van der Waals surface area contributed by atoms with Crippen molar-refractivity contribution in [3.8, 4) is 0 Å². The molecule has 3 heterocycles. The number of tetrazole rings is 1. The van der Waals surface area contributed by atoms with Crippen LogP contribution in [0.4, 0.5) is 0 Å². The van der Waals surface area contributed by atoms with E-state index in [2.05, 4.69) is 25.7 Å². The van der Waals surface area contributed by atoms with Gasteiger partial charge in [-0.05, 0) is 47.5 Å². The second-order valence-electron chi connectivity index (χ2n) is 6.99. The quantitative estimate of drug-likeness (QED) is 0.676. The largest absolute Gasteiger partial charge is 0.391 e. The highest BCUT2D eigenvalue weighted by atomic mass is 16.3. The molecule has 9 nitrogen and oxygen atoms in total. The number of aromatic nitrogens is 6. The minimum atomic E-state index is -0.537. The van der Waals surface area contributed by atoms with E-state index in [9.17, 15) is 9.90 Å². The van der Waals surface area contributed by atoms with Gasteiger partial charge in [-0.1, -0.05) is 12.1 Å². The molecule has 2 atom stereocenters. The summed E-state index contributed by atoms with van der Waals surface area (Å²) in [5.41, 5.74) is 3.52. The Morgan fingerprint density at radius 3 is 2.78 bits per heavy atom. The number of β-amino-alcohol motifs (C(OH)–C–C–N with tert-alkyl or cyclic N) is 1. The number of hydrogen-bond donors (Lipinski definition) is 2. The topological polar surface area (TPSA) is 113 Å². The highest BCUT2D eigenvalue weighted by molar-refractivity contribution is 5.94. The molecule has 1 amide bonds. The average molecular weight is 367 g/mol. The Hall–Kier alpha value is -3.07. The second-order valence-corrected chi connectivity index (χ2v) is 6.99. The number of aliphatic hydroxyl groups excluding tert-OH is 1. The maximum Gasteiger partial charge on any atom is 0.253 e. The highest BCUT2D eigenvalue weighted by Crippen LogP contribution is 2.23. The van der Waals surface area contributed by atoms with Crippen molar-refractivity contribution in [2.45, 2.75) is 26.0 Å². The summed E-state index contributed by atoms with van der Waals surface area (Å²) in [7, 11) is 0. The number of nitrogens with one attached hydrogen (secondary N) is 1. The SMILES string of the molecule is Cc1cc(C[C@@H]2CN(C(=O)c3ccc(Cn4cnnn4)cc3)C[C@@H]2O)n[nH]1. The minimum absolute atomic E-state index is 0.00395. The van der Waals surface area contributed by atoms with E-state index < -0.39 is 6.10 Å². The molecule has 0 aliphatic carbocycles. The predicted octanol–water partition coefficient (Wildman–Crippen LogP) is 0.429. The molecule has 140 valence electrons. The van der Waals surface area contributed by atoms with Gasteiger partial charge in [0.05, 0.1) is 18.3 Å². The maximum atomic E-state index is 12.8. The van der Waals surface area contributed by atoms with Crippen LogP contribution in [-0.4, -0.2) is 65.5 Å². The summed E-state index contributed by atoms with van der Waals surface area (Å²) in [6, 6.07) is 9.37. The normalized spacial score (nSPS) is 19.6. The number of aryl methyl sites for hydroxylation is 1. The molecule has 0 bridgehead atoms. The molecule has 1 saturated heterocycles. The fourth-order valence-electron chi connectivity index (χ4n) is 3.44. The van der Waals surface area contributed by atoms with E-state index in [0.29, 0.717) is 31.6 Å². The number of nitrogens with zero attached hydrogens (tertiary/aromatic N) is 6. The van der Waals surface area contributed by atoms with Crippen LogP contribution in [0.3, 0.4) is 0 Å². The molecule has 1 aliphatic heterocycles. The van der Waals surface area contributed by atoms with Crippen molar-refractivity contribution in [3.05, 3.63) is 59.2 Å². The van der Waals surface area contributed by atoms with Crippen molar-refractivity contribution in [3.63, 3.8) is 0 Å². The summed E-state index contributed by atoms with van der Waals surface area (Å²) in [6.07, 6.45) is 1.66. The van der Waals surface area contributed by atoms with Gasteiger partial charge in [0.1, 0.15) is 6.33 Å². The first kappa shape index (κ1) is 17.3. The smallest absolute Gasteiger partial charge is 0.253 e. The van der Waals surface area contributed by atoms with E-state index in [-0.39, 0.29) is 11.8 Å². The lowest BCUT2D eigenvalue weighted by Crippen LogP contribution is -2.29. The lowest BCUT2D eigenvalue weighted by Gasteiger charge is -2.16. The first-order valence-electron chi connectivity index (χ1n) is 8.86. The fraction of sp³-hybridized carbons (Fsp3) is 0.389. The van der Waals surface area contributed by atoms with Crippen molar-refractivity contribution < 1.29 is 9.90 Å². The molecule has 27 heavy (non-hydrogen) atoms. The van der Waals surface area contributed by atoms with Gasteiger partial charge in [0.15, 0.2) is 0 Å². The molecular weight excluding hydrogens is 346 g/mol. The summed E-state index contributed by atoms with van der Waals surface area (Å²) in [5, 5.41) is 28.5. The van der Waals surface area contributed by atoms with E-state index in [0.717, 1.165) is 17.0 Å². The van der Waals surface area contributed by atoms with E-state index in [1.807, 2.05) is 25.1 Å². The zero-order valence-corrected chi connectivity index (χ0v) is 15.0. The van der Waals surface area contributed by atoms with Crippen molar-refractivity contribution in [2.24, 2.45) is 5.92 Å². The zero-order valence-electron chi connectivity index (χ0n) is 15.0. The van der Waals surface area contributed by atoms with Crippen LogP contribution in [0.25, 0.3) is 0 Å². The molecule has 1 aromatic carbocycles. The van der Waals surface area contributed by atoms with Crippen LogP contribution in [0, 0.1) is 12.8 Å². The average Bonchev–Trinajstić information content (AvgIpc) is 3.39. The monoisotopic (exact) mass is 367 g/mol. The number of carbonyl (C=O) groups excluding carboxylic acids is 1. The van der Waals surface area contributed by atoms with E-state index in [1.54, 1.807) is 28.0 Å². The van der Waals surface area contributed by atoms with Crippen LogP contribution < -0.4 is 0 Å². The van der Waals surface area contributed by atoms with Gasteiger partial charge in [0.25, 0.3) is 5.91 Å². The van der Waals surface area contributed by atoms with Crippen LogP contribution >= 0.6 is 0 Å². The molecule has 9 heteroatoms. The highest BCUT2D eigenvalue weighted by Gasteiger charge is 2.34. The summed E-state index contributed by atoms with van der Waals surface area (Å²) in [6.45, 7) is 3.37.